The zero-order valence-electron chi connectivity index (χ0n) is 19.0. The molecule has 0 radical (unpaired) electrons. The monoisotopic (exact) mass is 511 g/mol. The van der Waals surface area contributed by atoms with Crippen molar-refractivity contribution in [2.75, 3.05) is 13.2 Å². The average Bonchev–Trinajstić information content (AvgIpc) is 3.36. The normalized spacial score (nSPS) is 19.3. The fourth-order valence-electron chi connectivity index (χ4n) is 4.40. The summed E-state index contributed by atoms with van der Waals surface area (Å²) in [5, 5.41) is 14.1. The van der Waals surface area contributed by atoms with Crippen LogP contribution in [0.1, 0.15) is 30.6 Å². The lowest BCUT2D eigenvalue weighted by atomic mass is 10.1. The van der Waals surface area contributed by atoms with Gasteiger partial charge < -0.3 is 9.84 Å². The van der Waals surface area contributed by atoms with Gasteiger partial charge >= 0.3 is 12.1 Å². The van der Waals surface area contributed by atoms with Gasteiger partial charge in [0.25, 0.3) is 0 Å². The van der Waals surface area contributed by atoms with Gasteiger partial charge in [0.15, 0.2) is 0 Å². The Morgan fingerprint density at radius 2 is 1.89 bits per heavy atom. The van der Waals surface area contributed by atoms with E-state index < -0.39 is 53.6 Å². The molecule has 188 valence electrons. The lowest BCUT2D eigenvalue weighted by Gasteiger charge is -2.25. The Kier molecular flexibility index (Phi) is 6.54. The number of fused-ring (bicyclic) bond motifs is 1. The first-order valence-electron chi connectivity index (χ1n) is 10.9. The Morgan fingerprint density at radius 1 is 1.20 bits per heavy atom. The molecule has 0 saturated carbocycles. The van der Waals surface area contributed by atoms with Gasteiger partial charge in [0.1, 0.15) is 11.8 Å². The molecule has 4 rings (SSSR count). The van der Waals surface area contributed by atoms with Crippen molar-refractivity contribution < 1.29 is 36.2 Å². The molecule has 1 saturated heterocycles. The number of benzene rings is 2. The highest BCUT2D eigenvalue weighted by Crippen LogP contribution is 2.41. The van der Waals surface area contributed by atoms with Gasteiger partial charge in [0, 0.05) is 11.9 Å². The quantitative estimate of drug-likeness (QED) is 0.516. The third-order valence-electron chi connectivity index (χ3n) is 5.96. The van der Waals surface area contributed by atoms with Gasteiger partial charge in [-0.25, -0.2) is 8.42 Å². The van der Waals surface area contributed by atoms with Crippen LogP contribution in [0.15, 0.2) is 47.4 Å². The van der Waals surface area contributed by atoms with Gasteiger partial charge in [-0.15, -0.1) is 0 Å². The summed E-state index contributed by atoms with van der Waals surface area (Å²) in [6.07, 6.45) is -5.76. The molecule has 2 atom stereocenters. The number of aromatic nitrogens is 2. The minimum absolute atomic E-state index is 0.212. The third kappa shape index (κ3) is 4.85. The van der Waals surface area contributed by atoms with E-state index in [0.29, 0.717) is 27.6 Å². The molecule has 1 aliphatic heterocycles. The van der Waals surface area contributed by atoms with E-state index in [-0.39, 0.29) is 10.6 Å². The summed E-state index contributed by atoms with van der Waals surface area (Å²) >= 11 is 0. The van der Waals surface area contributed by atoms with Gasteiger partial charge in [0.2, 0.25) is 10.0 Å². The predicted octanol–water partition coefficient (Wildman–Crippen LogP) is 3.94. The fraction of sp³-hybridized carbons (Fsp3) is 0.391. The number of carboxylic acid groups (broad SMARTS) is 1. The SMILES string of the molecule is CCOc1ccc(S(=O)(=O)N2CC(n3nc(CC(=O)O)c4ccc(C)cc43)C[C@H]2C(F)(F)F)cc1. The molecule has 1 N–H and O–H groups in total. The van der Waals surface area contributed by atoms with E-state index in [2.05, 4.69) is 5.10 Å². The first kappa shape index (κ1) is 25.0. The number of hydrogen-bond donors (Lipinski definition) is 1. The van der Waals surface area contributed by atoms with Gasteiger partial charge in [-0.1, -0.05) is 12.1 Å². The number of rotatable bonds is 7. The lowest BCUT2D eigenvalue weighted by Crippen LogP contribution is -2.44. The van der Waals surface area contributed by atoms with Crippen LogP contribution in [0.4, 0.5) is 13.2 Å². The summed E-state index contributed by atoms with van der Waals surface area (Å²) in [7, 11) is -4.49. The summed E-state index contributed by atoms with van der Waals surface area (Å²) in [4.78, 5) is 11.0. The zero-order valence-corrected chi connectivity index (χ0v) is 19.8. The van der Waals surface area contributed by atoms with Crippen molar-refractivity contribution >= 4 is 26.9 Å². The molecule has 1 fully saturated rings. The highest BCUT2D eigenvalue weighted by Gasteiger charge is 2.54. The second-order valence-corrected chi connectivity index (χ2v) is 10.3. The van der Waals surface area contributed by atoms with E-state index in [1.165, 1.54) is 28.9 Å². The molecule has 1 aromatic heterocycles. The molecular formula is C23H24F3N3O5S. The molecule has 1 unspecified atom stereocenters. The van der Waals surface area contributed by atoms with Gasteiger partial charge in [-0.2, -0.15) is 22.6 Å². The number of nitrogens with zero attached hydrogens (tertiary/aromatic N) is 3. The number of hydrogen-bond acceptors (Lipinski definition) is 5. The molecule has 12 heteroatoms. The highest BCUT2D eigenvalue weighted by molar-refractivity contribution is 7.89. The van der Waals surface area contributed by atoms with E-state index in [1.807, 2.05) is 0 Å². The number of carbonyl (C=O) groups is 1. The molecule has 0 spiro atoms. The maximum absolute atomic E-state index is 14.0. The fourth-order valence-corrected chi connectivity index (χ4v) is 6.06. The van der Waals surface area contributed by atoms with Crippen molar-refractivity contribution in [2.45, 2.75) is 49.8 Å². The van der Waals surface area contributed by atoms with Crippen molar-refractivity contribution in [3.63, 3.8) is 0 Å². The third-order valence-corrected chi connectivity index (χ3v) is 7.85. The van der Waals surface area contributed by atoms with Crippen LogP contribution in [0.2, 0.25) is 0 Å². The number of aryl methyl sites for hydroxylation is 1. The Labute approximate surface area is 200 Å². The molecular weight excluding hydrogens is 487 g/mol. The first-order chi connectivity index (χ1) is 16.4. The van der Waals surface area contributed by atoms with Gasteiger partial charge in [-0.3, -0.25) is 9.48 Å². The van der Waals surface area contributed by atoms with Crippen LogP contribution in [-0.2, 0) is 21.2 Å². The largest absolute Gasteiger partial charge is 0.494 e. The number of carboxylic acids is 1. The Morgan fingerprint density at radius 3 is 2.49 bits per heavy atom. The zero-order chi connectivity index (χ0) is 25.5. The molecule has 3 aromatic rings. The van der Waals surface area contributed by atoms with E-state index in [4.69, 9.17) is 4.74 Å². The molecule has 0 amide bonds. The van der Waals surface area contributed by atoms with Crippen LogP contribution in [-0.4, -0.2) is 58.9 Å². The predicted molar refractivity (Wildman–Crippen MR) is 121 cm³/mol. The van der Waals surface area contributed by atoms with Gasteiger partial charge in [-0.05, 0) is 56.2 Å². The highest BCUT2D eigenvalue weighted by atomic mass is 32.2. The standard InChI is InChI=1S/C23H24F3N3O5S/c1-3-34-16-5-7-17(8-6-16)35(32,33)28-13-15(11-21(28)23(24,25)26)29-20-10-14(2)4-9-18(20)19(27-29)12-22(30)31/h4-10,15,21H,3,11-13H2,1-2H3,(H,30,31)/t15?,21-/m0/s1. The van der Waals surface area contributed by atoms with Crippen molar-refractivity contribution in [1.82, 2.24) is 14.1 Å². The summed E-state index contributed by atoms with van der Waals surface area (Å²) in [5.74, 6) is -0.723. The number of ether oxygens (including phenoxy) is 1. The molecule has 0 bridgehead atoms. The molecule has 0 aliphatic carbocycles. The van der Waals surface area contributed by atoms with Crippen molar-refractivity contribution in [2.24, 2.45) is 0 Å². The molecule has 35 heavy (non-hydrogen) atoms. The number of alkyl halides is 3. The molecule has 8 nitrogen and oxygen atoms in total. The average molecular weight is 512 g/mol. The summed E-state index contributed by atoms with van der Waals surface area (Å²) < 4.78 is 75.8. The molecule has 2 aromatic carbocycles. The first-order valence-corrected chi connectivity index (χ1v) is 12.4. The van der Waals surface area contributed by atoms with E-state index in [0.717, 1.165) is 5.56 Å². The van der Waals surface area contributed by atoms with Crippen molar-refractivity contribution in [3.8, 4) is 5.75 Å². The van der Waals surface area contributed by atoms with Crippen LogP contribution >= 0.6 is 0 Å². The maximum Gasteiger partial charge on any atom is 0.405 e. The minimum Gasteiger partial charge on any atom is -0.494 e. The van der Waals surface area contributed by atoms with Crippen molar-refractivity contribution in [1.29, 1.82) is 0 Å². The van der Waals surface area contributed by atoms with Crippen LogP contribution in [0.5, 0.6) is 5.75 Å². The van der Waals surface area contributed by atoms with Crippen LogP contribution in [0, 0.1) is 6.92 Å². The van der Waals surface area contributed by atoms with Crippen LogP contribution in [0.25, 0.3) is 10.9 Å². The lowest BCUT2D eigenvalue weighted by molar-refractivity contribution is -0.165. The maximum atomic E-state index is 14.0. The topological polar surface area (TPSA) is 102 Å². The Hall–Kier alpha value is -3.12. The van der Waals surface area contributed by atoms with Crippen LogP contribution < -0.4 is 4.74 Å². The summed E-state index contributed by atoms with van der Waals surface area (Å²) in [5.41, 5.74) is 1.49. The van der Waals surface area contributed by atoms with E-state index in [9.17, 15) is 31.5 Å². The Balaban J connectivity index is 1.75. The second kappa shape index (κ2) is 9.15. The Bertz CT molecular complexity index is 1350. The summed E-state index contributed by atoms with van der Waals surface area (Å²) in [6.45, 7) is 3.45. The number of sulfonamides is 1. The number of halogens is 3. The smallest absolute Gasteiger partial charge is 0.405 e. The molecule has 1 aliphatic rings. The molecule has 2 heterocycles. The van der Waals surface area contributed by atoms with Crippen LogP contribution in [0.3, 0.4) is 0 Å². The summed E-state index contributed by atoms with van der Waals surface area (Å²) in [6, 6.07) is 7.19. The second-order valence-electron chi connectivity index (χ2n) is 8.41. The van der Waals surface area contributed by atoms with E-state index >= 15 is 0 Å². The van der Waals surface area contributed by atoms with Crippen molar-refractivity contribution in [3.05, 3.63) is 53.7 Å². The van der Waals surface area contributed by atoms with Gasteiger partial charge in [0.05, 0.1) is 35.2 Å². The number of aliphatic carboxylic acids is 1. The minimum atomic E-state index is -4.81. The van der Waals surface area contributed by atoms with E-state index in [1.54, 1.807) is 32.0 Å².